The molecule has 2 saturated heterocycles. The number of imidazole rings is 2. The first-order valence-corrected chi connectivity index (χ1v) is 19.5. The second-order valence-corrected chi connectivity index (χ2v) is 15.5. The predicted molar refractivity (Wildman–Crippen MR) is 212 cm³/mol. The Morgan fingerprint density at radius 2 is 1.12 bits per heavy atom. The lowest BCUT2D eigenvalue weighted by Crippen LogP contribution is -2.51. The summed E-state index contributed by atoms with van der Waals surface area (Å²) in [7, 11) is 2.54. The highest BCUT2D eigenvalue weighted by Crippen LogP contribution is 2.36. The second kappa shape index (κ2) is 16.2. The summed E-state index contributed by atoms with van der Waals surface area (Å²) in [5, 5.41) is 5.35. The Balaban J connectivity index is 1.09. The van der Waals surface area contributed by atoms with Crippen molar-refractivity contribution < 1.29 is 33.0 Å². The smallest absolute Gasteiger partial charge is 0.407 e. The van der Waals surface area contributed by atoms with Gasteiger partial charge in [-0.15, -0.1) is 0 Å². The van der Waals surface area contributed by atoms with Crippen molar-refractivity contribution in [3.05, 3.63) is 72.1 Å². The molecule has 2 aliphatic heterocycles. The Kier molecular flexibility index (Phi) is 11.2. The number of methoxy groups -OCH3 is 2. The molecule has 2 aromatic heterocycles. The van der Waals surface area contributed by atoms with Gasteiger partial charge in [-0.25, -0.2) is 23.9 Å². The Morgan fingerprint density at radius 3 is 1.58 bits per heavy atom. The first-order valence-electron chi connectivity index (χ1n) is 19.5. The summed E-state index contributed by atoms with van der Waals surface area (Å²) < 4.78 is 25.4. The lowest BCUT2D eigenvalue weighted by atomic mass is 9.99. The fourth-order valence-corrected chi connectivity index (χ4v) is 8.03. The lowest BCUT2D eigenvalue weighted by molar-refractivity contribution is -0.136. The van der Waals surface area contributed by atoms with Crippen LogP contribution in [0.3, 0.4) is 0 Å². The number of hydrogen-bond donors (Lipinski definition) is 4. The third-order valence-electron chi connectivity index (χ3n) is 11.1. The first kappa shape index (κ1) is 39.3. The van der Waals surface area contributed by atoms with E-state index < -0.39 is 30.1 Å². The van der Waals surface area contributed by atoms with E-state index in [4.69, 9.17) is 19.4 Å². The predicted octanol–water partition coefficient (Wildman–Crippen LogP) is 7.00. The third-order valence-corrected chi connectivity index (χ3v) is 11.1. The van der Waals surface area contributed by atoms with Gasteiger partial charge in [0.25, 0.3) is 0 Å². The number of nitrogens with one attached hydrogen (secondary N) is 4. The minimum atomic E-state index is -0.736. The van der Waals surface area contributed by atoms with Crippen LogP contribution in [0.1, 0.15) is 77.1 Å². The van der Waals surface area contributed by atoms with Gasteiger partial charge in [-0.05, 0) is 84.5 Å². The van der Waals surface area contributed by atoms with E-state index in [0.29, 0.717) is 52.5 Å². The zero-order valence-electron chi connectivity index (χ0n) is 33.0. The summed E-state index contributed by atoms with van der Waals surface area (Å²) in [5.41, 5.74) is 5.48. The van der Waals surface area contributed by atoms with E-state index in [1.165, 1.54) is 20.3 Å². The van der Waals surface area contributed by atoms with Gasteiger partial charge in [0.15, 0.2) is 0 Å². The van der Waals surface area contributed by atoms with E-state index in [1.54, 1.807) is 15.9 Å². The minimum absolute atomic E-state index is 0.140. The molecule has 15 heteroatoms. The number of carbonyl (C=O) groups excluding carboxylic acids is 4. The maximum absolute atomic E-state index is 15.9. The molecule has 0 spiro atoms. The van der Waals surface area contributed by atoms with Gasteiger partial charge in [-0.2, -0.15) is 0 Å². The number of likely N-dealkylation sites (tertiary alicyclic amines) is 2. The summed E-state index contributed by atoms with van der Waals surface area (Å²) in [6, 6.07) is 14.4. The molecule has 0 saturated carbocycles. The number of halogens is 1. The fourth-order valence-electron chi connectivity index (χ4n) is 8.03. The standard InChI is InChI=1S/C42H49FN8O6/c1-22(2)35(48-41(54)56-5)39(52)50-17-7-9-33(50)37-44-29-15-12-25(20-31(29)46-37)24-11-14-27(28(43)19-24)26-13-16-30-32(21-26)47-38(45-30)34-10-8-18-51(34)40(53)36(23(3)4)49-42(55)57-6/h11-16,19-23,33-36H,7-10,17-18H2,1-6H3,(H,44,46)(H,45,47)(H,48,54)(H,49,55)/t33?,34?,35?,36-/m0/s1. The summed E-state index contributed by atoms with van der Waals surface area (Å²) >= 11 is 0. The van der Waals surface area contributed by atoms with Crippen molar-refractivity contribution in [2.75, 3.05) is 27.3 Å². The maximum Gasteiger partial charge on any atom is 0.407 e. The van der Waals surface area contributed by atoms with Gasteiger partial charge in [0.05, 0.1) is 48.4 Å². The Bertz CT molecular complexity index is 2320. The van der Waals surface area contributed by atoms with Crippen LogP contribution >= 0.6 is 0 Å². The van der Waals surface area contributed by atoms with Crippen LogP contribution in [0.15, 0.2) is 54.6 Å². The third kappa shape index (κ3) is 7.87. The highest BCUT2D eigenvalue weighted by atomic mass is 19.1. The molecule has 7 rings (SSSR count). The van der Waals surface area contributed by atoms with Crippen LogP contribution in [0.2, 0.25) is 0 Å². The molecule has 4 amide bonds. The molecule has 3 aromatic carbocycles. The largest absolute Gasteiger partial charge is 0.453 e. The van der Waals surface area contributed by atoms with E-state index >= 15 is 4.39 Å². The number of carbonyl (C=O) groups is 4. The number of fused-ring (bicyclic) bond motifs is 2. The molecular weight excluding hydrogens is 732 g/mol. The molecule has 0 bridgehead atoms. The summed E-state index contributed by atoms with van der Waals surface area (Å²) in [5.74, 6) is 0.257. The molecule has 0 radical (unpaired) electrons. The van der Waals surface area contributed by atoms with Crippen LogP contribution in [0.25, 0.3) is 44.3 Å². The average molecular weight is 781 g/mol. The number of nitrogens with zero attached hydrogens (tertiary/aromatic N) is 4. The van der Waals surface area contributed by atoms with Crippen LogP contribution in [0.5, 0.6) is 0 Å². The van der Waals surface area contributed by atoms with Gasteiger partial charge < -0.3 is 39.9 Å². The van der Waals surface area contributed by atoms with Crippen molar-refractivity contribution in [2.24, 2.45) is 11.8 Å². The van der Waals surface area contributed by atoms with Gasteiger partial charge in [-0.1, -0.05) is 52.0 Å². The molecule has 14 nitrogen and oxygen atoms in total. The zero-order valence-corrected chi connectivity index (χ0v) is 33.0. The number of amides is 4. The monoisotopic (exact) mass is 780 g/mol. The van der Waals surface area contributed by atoms with E-state index in [-0.39, 0.29) is 35.7 Å². The van der Waals surface area contributed by atoms with Crippen LogP contribution in [0, 0.1) is 17.7 Å². The van der Waals surface area contributed by atoms with Gasteiger partial charge >= 0.3 is 12.2 Å². The van der Waals surface area contributed by atoms with Gasteiger partial charge in [0.1, 0.15) is 29.5 Å². The SMILES string of the molecule is COC(=O)NC(C(=O)N1CCCC1c1nc2cc(-c3ccc(-c4ccc5[nH]c(C6CCCN6C(=O)[C@@H](NC(=O)OC)C(C)C)nc5c4)c(F)c3)ccc2[nH]1)C(C)C. The van der Waals surface area contributed by atoms with Crippen molar-refractivity contribution >= 4 is 46.1 Å². The summed E-state index contributed by atoms with van der Waals surface area (Å²) in [6.45, 7) is 8.60. The van der Waals surface area contributed by atoms with Crippen molar-refractivity contribution in [3.8, 4) is 22.3 Å². The highest BCUT2D eigenvalue weighted by Gasteiger charge is 2.39. The van der Waals surface area contributed by atoms with E-state index in [0.717, 1.165) is 42.3 Å². The van der Waals surface area contributed by atoms with Gasteiger partial charge in [-0.3, -0.25) is 9.59 Å². The number of benzene rings is 3. The number of rotatable bonds is 10. The van der Waals surface area contributed by atoms with Gasteiger partial charge in [0, 0.05) is 18.7 Å². The average Bonchev–Trinajstić information content (AvgIpc) is 4.03. The van der Waals surface area contributed by atoms with E-state index in [9.17, 15) is 19.2 Å². The molecule has 2 aliphatic rings. The normalized spacial score (nSPS) is 18.1. The summed E-state index contributed by atoms with van der Waals surface area (Å²) in [4.78, 5) is 71.2. The molecule has 4 heterocycles. The molecule has 57 heavy (non-hydrogen) atoms. The number of aromatic nitrogens is 4. The molecular formula is C42H49FN8O6. The Morgan fingerprint density at radius 1 is 0.684 bits per heavy atom. The number of H-pyrrole nitrogens is 2. The first-order chi connectivity index (χ1) is 27.4. The van der Waals surface area contributed by atoms with Crippen molar-refractivity contribution in [1.29, 1.82) is 0 Å². The van der Waals surface area contributed by atoms with Crippen molar-refractivity contribution in [2.45, 2.75) is 77.5 Å². The van der Waals surface area contributed by atoms with Crippen LogP contribution in [-0.2, 0) is 19.1 Å². The number of aromatic amines is 2. The van der Waals surface area contributed by atoms with Crippen LogP contribution in [0.4, 0.5) is 14.0 Å². The highest BCUT2D eigenvalue weighted by molar-refractivity contribution is 5.88. The molecule has 2 fully saturated rings. The van der Waals surface area contributed by atoms with Crippen LogP contribution < -0.4 is 10.6 Å². The number of alkyl carbamates (subject to hydrolysis) is 2. The molecule has 300 valence electrons. The Labute approximate surface area is 329 Å². The van der Waals surface area contributed by atoms with Crippen LogP contribution in [-0.4, -0.2) is 93.1 Å². The molecule has 3 unspecified atom stereocenters. The molecule has 4 N–H and O–H groups in total. The second-order valence-electron chi connectivity index (χ2n) is 15.5. The number of hydrogen-bond acceptors (Lipinski definition) is 8. The molecule has 4 atom stereocenters. The minimum Gasteiger partial charge on any atom is -0.453 e. The molecule has 0 aliphatic carbocycles. The van der Waals surface area contributed by atoms with Crippen molar-refractivity contribution in [1.82, 2.24) is 40.4 Å². The quantitative estimate of drug-likeness (QED) is 0.117. The lowest BCUT2D eigenvalue weighted by Gasteiger charge is -2.29. The Hall–Kier alpha value is -5.99. The fraction of sp³-hybridized carbons (Fsp3) is 0.429. The van der Waals surface area contributed by atoms with E-state index in [1.807, 2.05) is 70.2 Å². The number of ether oxygens (including phenoxy) is 2. The van der Waals surface area contributed by atoms with E-state index in [2.05, 4.69) is 20.6 Å². The zero-order chi connectivity index (χ0) is 40.5. The maximum atomic E-state index is 15.9. The summed E-state index contributed by atoms with van der Waals surface area (Å²) in [6.07, 6.45) is 1.74. The molecule has 5 aromatic rings. The topological polar surface area (TPSA) is 175 Å². The van der Waals surface area contributed by atoms with Crippen molar-refractivity contribution in [3.63, 3.8) is 0 Å². The van der Waals surface area contributed by atoms with Gasteiger partial charge in [0.2, 0.25) is 11.8 Å².